The monoisotopic (exact) mass is 310 g/mol. The Kier molecular flexibility index (Phi) is 4.73. The molecular weight excluding hydrogens is 278 g/mol. The molecule has 0 amide bonds. The highest BCUT2D eigenvalue weighted by Crippen LogP contribution is 2.68. The van der Waals surface area contributed by atoms with Crippen LogP contribution in [0.5, 0.6) is 0 Å². The molecule has 2 saturated heterocycles. The second-order valence-electron chi connectivity index (χ2n) is 7.77. The quantitative estimate of drug-likeness (QED) is 0.548. The highest BCUT2D eigenvalue weighted by molar-refractivity contribution is 7.64. The Morgan fingerprint density at radius 1 is 0.450 bits per heavy atom. The standard InChI is InChI=1S/C18H32P2/c1-2-8-15(7-1)19-13-5-11-17(19)18-12-6-14-20(18)16-9-3-4-10-16/h15-18H,1-14H2/t17-,18-,19-,20-/m1/s1. The van der Waals surface area contributed by atoms with Crippen molar-refractivity contribution >= 4 is 15.8 Å². The third-order valence-corrected chi connectivity index (χ3v) is 14.5. The Balaban J connectivity index is 1.46. The van der Waals surface area contributed by atoms with Gasteiger partial charge in [0.05, 0.1) is 0 Å². The molecule has 114 valence electrons. The Bertz CT molecular complexity index is 285. The van der Waals surface area contributed by atoms with Crippen LogP contribution in [0.15, 0.2) is 0 Å². The summed E-state index contributed by atoms with van der Waals surface area (Å²) in [5.74, 6) is 0. The van der Waals surface area contributed by atoms with Gasteiger partial charge in [0.2, 0.25) is 0 Å². The van der Waals surface area contributed by atoms with Crippen molar-refractivity contribution in [1.82, 2.24) is 0 Å². The fraction of sp³-hybridized carbons (Fsp3) is 1.00. The summed E-state index contributed by atoms with van der Waals surface area (Å²) in [6.07, 6.45) is 22.6. The Hall–Kier alpha value is 0.860. The highest BCUT2D eigenvalue weighted by atomic mass is 31.1. The minimum absolute atomic E-state index is 0.455. The van der Waals surface area contributed by atoms with Gasteiger partial charge >= 0.3 is 0 Å². The van der Waals surface area contributed by atoms with Crippen LogP contribution < -0.4 is 0 Å². The van der Waals surface area contributed by atoms with Gasteiger partial charge in [-0.1, -0.05) is 41.5 Å². The fourth-order valence-electron chi connectivity index (χ4n) is 5.83. The zero-order valence-corrected chi connectivity index (χ0v) is 14.9. The number of hydrogen-bond acceptors (Lipinski definition) is 0. The Labute approximate surface area is 128 Å². The van der Waals surface area contributed by atoms with Gasteiger partial charge < -0.3 is 0 Å². The van der Waals surface area contributed by atoms with Gasteiger partial charge in [-0.25, -0.2) is 0 Å². The molecule has 2 heterocycles. The highest BCUT2D eigenvalue weighted by Gasteiger charge is 2.44. The molecule has 0 N–H and O–H groups in total. The van der Waals surface area contributed by atoms with Gasteiger partial charge in [0.1, 0.15) is 0 Å². The van der Waals surface area contributed by atoms with E-state index in [0.717, 1.165) is 0 Å². The van der Waals surface area contributed by atoms with E-state index in [-0.39, 0.29) is 0 Å². The molecule has 2 aliphatic heterocycles. The summed E-state index contributed by atoms with van der Waals surface area (Å²) in [6.45, 7) is 0. The average molecular weight is 310 g/mol. The zero-order chi connectivity index (χ0) is 13.4. The molecule has 0 aromatic rings. The van der Waals surface area contributed by atoms with E-state index in [1.165, 1.54) is 22.6 Å². The van der Waals surface area contributed by atoms with Crippen LogP contribution in [0.3, 0.4) is 0 Å². The summed E-state index contributed by atoms with van der Waals surface area (Å²) in [5, 5.41) is 0. The predicted octanol–water partition coefficient (Wildman–Crippen LogP) is 6.16. The van der Waals surface area contributed by atoms with Gasteiger partial charge in [-0.15, -0.1) is 0 Å². The summed E-state index contributed by atoms with van der Waals surface area (Å²) in [5.41, 5.74) is 4.95. The first-order chi connectivity index (χ1) is 9.93. The molecule has 0 bridgehead atoms. The zero-order valence-electron chi connectivity index (χ0n) is 13.1. The van der Waals surface area contributed by atoms with Gasteiger partial charge in [-0.2, -0.15) is 0 Å². The van der Waals surface area contributed by atoms with Crippen LogP contribution >= 0.6 is 15.8 Å². The third kappa shape index (κ3) is 2.74. The molecule has 0 spiro atoms. The maximum absolute atomic E-state index is 1.68. The van der Waals surface area contributed by atoms with Crippen molar-refractivity contribution in [2.75, 3.05) is 12.3 Å². The first kappa shape index (κ1) is 14.5. The molecule has 0 aromatic carbocycles. The summed E-state index contributed by atoms with van der Waals surface area (Å²) < 4.78 is 0. The van der Waals surface area contributed by atoms with Crippen LogP contribution in [-0.2, 0) is 0 Å². The lowest BCUT2D eigenvalue weighted by Gasteiger charge is -2.36. The van der Waals surface area contributed by atoms with Crippen molar-refractivity contribution in [3.63, 3.8) is 0 Å². The Morgan fingerprint density at radius 3 is 1.25 bits per heavy atom. The molecule has 2 aliphatic carbocycles. The van der Waals surface area contributed by atoms with Crippen LogP contribution in [0, 0.1) is 0 Å². The second kappa shape index (κ2) is 6.54. The molecular formula is C18H32P2. The number of hydrogen-bond donors (Lipinski definition) is 0. The maximum atomic E-state index is 1.68. The maximum Gasteiger partial charge on any atom is -0.0139 e. The third-order valence-electron chi connectivity index (χ3n) is 6.72. The molecule has 2 heteroatoms. The SMILES string of the molecule is C1CCC([P@@]2CCC[C@@H]2[C@H]2CCC[P@]2C2CCCC2)C1. The first-order valence-corrected chi connectivity index (χ1v) is 12.8. The van der Waals surface area contributed by atoms with Gasteiger partial charge in [-0.3, -0.25) is 0 Å². The molecule has 2 saturated carbocycles. The summed E-state index contributed by atoms with van der Waals surface area (Å²) in [7, 11) is 0.909. The topological polar surface area (TPSA) is 0 Å². The number of rotatable bonds is 3. The minimum atomic E-state index is 0.455. The van der Waals surface area contributed by atoms with Crippen molar-refractivity contribution < 1.29 is 0 Å². The predicted molar refractivity (Wildman–Crippen MR) is 94.1 cm³/mol. The van der Waals surface area contributed by atoms with Crippen LogP contribution in [0.25, 0.3) is 0 Å². The van der Waals surface area contributed by atoms with Gasteiger partial charge in [0.15, 0.2) is 0 Å². The molecule has 20 heavy (non-hydrogen) atoms. The van der Waals surface area contributed by atoms with Crippen molar-refractivity contribution in [3.8, 4) is 0 Å². The smallest absolute Gasteiger partial charge is 0.0139 e. The van der Waals surface area contributed by atoms with E-state index in [0.29, 0.717) is 15.8 Å². The molecule has 0 unspecified atom stereocenters. The molecule has 0 aromatic heterocycles. The van der Waals surface area contributed by atoms with Gasteiger partial charge in [0, 0.05) is 0 Å². The van der Waals surface area contributed by atoms with E-state index in [1.807, 2.05) is 0 Å². The lowest BCUT2D eigenvalue weighted by molar-refractivity contribution is 0.686. The lowest BCUT2D eigenvalue weighted by atomic mass is 10.1. The van der Waals surface area contributed by atoms with E-state index in [9.17, 15) is 0 Å². The van der Waals surface area contributed by atoms with E-state index in [4.69, 9.17) is 0 Å². The van der Waals surface area contributed by atoms with E-state index >= 15 is 0 Å². The summed E-state index contributed by atoms with van der Waals surface area (Å²) in [4.78, 5) is 0. The van der Waals surface area contributed by atoms with Crippen LogP contribution in [-0.4, -0.2) is 35.0 Å². The molecule has 0 nitrogen and oxygen atoms in total. The van der Waals surface area contributed by atoms with Gasteiger partial charge in [-0.05, 0) is 86.3 Å². The lowest BCUT2D eigenvalue weighted by Crippen LogP contribution is -2.23. The van der Waals surface area contributed by atoms with Crippen LogP contribution in [0.2, 0.25) is 0 Å². The van der Waals surface area contributed by atoms with Crippen molar-refractivity contribution in [2.24, 2.45) is 0 Å². The van der Waals surface area contributed by atoms with E-state index in [2.05, 4.69) is 0 Å². The molecule has 4 atom stereocenters. The largest absolute Gasteiger partial charge is 0.0997 e. The molecule has 0 radical (unpaired) electrons. The molecule has 4 aliphatic rings. The first-order valence-electron chi connectivity index (χ1n) is 9.45. The van der Waals surface area contributed by atoms with E-state index in [1.54, 1.807) is 89.4 Å². The molecule has 4 rings (SSSR count). The van der Waals surface area contributed by atoms with Gasteiger partial charge in [0.25, 0.3) is 0 Å². The van der Waals surface area contributed by atoms with Crippen molar-refractivity contribution in [2.45, 2.75) is 99.7 Å². The van der Waals surface area contributed by atoms with Crippen LogP contribution in [0.4, 0.5) is 0 Å². The average Bonchev–Trinajstić information content (AvgIpc) is 3.23. The van der Waals surface area contributed by atoms with E-state index < -0.39 is 0 Å². The van der Waals surface area contributed by atoms with Crippen molar-refractivity contribution in [3.05, 3.63) is 0 Å². The molecule has 4 fully saturated rings. The fourth-order valence-corrected chi connectivity index (χ4v) is 14.7. The Morgan fingerprint density at radius 2 is 0.850 bits per heavy atom. The summed E-state index contributed by atoms with van der Waals surface area (Å²) in [6, 6.07) is 0. The normalized spacial score (nSPS) is 43.8. The van der Waals surface area contributed by atoms with Crippen LogP contribution in [0.1, 0.15) is 77.0 Å². The van der Waals surface area contributed by atoms with Crippen molar-refractivity contribution in [1.29, 1.82) is 0 Å². The second-order valence-corrected chi connectivity index (χ2v) is 13.5. The minimum Gasteiger partial charge on any atom is -0.0997 e. The summed E-state index contributed by atoms with van der Waals surface area (Å²) >= 11 is 0.